The molecule has 1 aliphatic heterocycles. The van der Waals surface area contributed by atoms with E-state index in [0.717, 1.165) is 29.8 Å². The van der Waals surface area contributed by atoms with Gasteiger partial charge in [-0.1, -0.05) is 12.1 Å². The van der Waals surface area contributed by atoms with Gasteiger partial charge in [-0.15, -0.1) is 0 Å². The summed E-state index contributed by atoms with van der Waals surface area (Å²) in [5.74, 6) is 0. The van der Waals surface area contributed by atoms with Crippen molar-refractivity contribution in [3.8, 4) is 0 Å². The molecule has 3 aromatic rings. The van der Waals surface area contributed by atoms with E-state index in [-0.39, 0.29) is 10.6 Å². The van der Waals surface area contributed by atoms with Gasteiger partial charge in [0.25, 0.3) is 5.69 Å². The predicted octanol–water partition coefficient (Wildman–Crippen LogP) is 4.61. The van der Waals surface area contributed by atoms with E-state index in [1.807, 2.05) is 36.4 Å². The van der Waals surface area contributed by atoms with Crippen molar-refractivity contribution >= 4 is 34.2 Å². The average Bonchev–Trinajstić information content (AvgIpc) is 3.04. The highest BCUT2D eigenvalue weighted by molar-refractivity contribution is 7.99. The first kappa shape index (κ1) is 16.0. The number of aromatic amines is 1. The number of nitro benzene ring substituents is 1. The maximum Gasteiger partial charge on any atom is 0.283 e. The van der Waals surface area contributed by atoms with Crippen LogP contribution in [-0.2, 0) is 0 Å². The lowest BCUT2D eigenvalue weighted by molar-refractivity contribution is -0.387. The van der Waals surface area contributed by atoms with Gasteiger partial charge in [0.1, 0.15) is 0 Å². The molecule has 6 nitrogen and oxygen atoms in total. The van der Waals surface area contributed by atoms with Gasteiger partial charge in [-0.05, 0) is 55.3 Å². The second-order valence-corrected chi connectivity index (χ2v) is 7.15. The summed E-state index contributed by atoms with van der Waals surface area (Å²) >= 11 is 1.31. The Morgan fingerprint density at radius 1 is 1.12 bits per heavy atom. The number of benzene rings is 2. The molecule has 1 aliphatic rings. The molecule has 1 aromatic heterocycles. The minimum atomic E-state index is -0.328. The van der Waals surface area contributed by atoms with Crippen LogP contribution in [0.1, 0.15) is 19.3 Å². The van der Waals surface area contributed by atoms with Gasteiger partial charge >= 0.3 is 0 Å². The van der Waals surface area contributed by atoms with Crippen molar-refractivity contribution in [1.82, 2.24) is 9.97 Å². The van der Waals surface area contributed by atoms with E-state index >= 15 is 0 Å². The van der Waals surface area contributed by atoms with Crippen LogP contribution in [0.15, 0.2) is 52.5 Å². The van der Waals surface area contributed by atoms with E-state index in [4.69, 9.17) is 0 Å². The van der Waals surface area contributed by atoms with E-state index in [9.17, 15) is 10.1 Å². The highest BCUT2D eigenvalue weighted by atomic mass is 32.2. The molecule has 0 bridgehead atoms. The monoisotopic (exact) mass is 354 g/mol. The number of nitro groups is 1. The summed E-state index contributed by atoms with van der Waals surface area (Å²) < 4.78 is 0. The number of anilines is 1. The van der Waals surface area contributed by atoms with Crippen LogP contribution in [0.2, 0.25) is 0 Å². The fourth-order valence-electron chi connectivity index (χ4n) is 3.17. The van der Waals surface area contributed by atoms with Crippen molar-refractivity contribution in [3.63, 3.8) is 0 Å². The van der Waals surface area contributed by atoms with E-state index in [1.54, 1.807) is 6.07 Å². The third kappa shape index (κ3) is 3.32. The molecule has 0 atom stereocenters. The third-order valence-corrected chi connectivity index (χ3v) is 5.37. The first-order chi connectivity index (χ1) is 12.2. The SMILES string of the molecule is O=[N+]([O-])c1ccc(N2CCCCC2)cc1Sc1nc2ccccc2[nH]1. The molecule has 7 heteroatoms. The number of nitrogens with one attached hydrogen (secondary N) is 1. The molecule has 25 heavy (non-hydrogen) atoms. The van der Waals surface area contributed by atoms with E-state index < -0.39 is 0 Å². The second kappa shape index (κ2) is 6.76. The summed E-state index contributed by atoms with van der Waals surface area (Å²) in [5.41, 5.74) is 2.95. The number of nitrogens with zero attached hydrogens (tertiary/aromatic N) is 3. The molecule has 1 fully saturated rings. The molecule has 4 rings (SSSR count). The van der Waals surface area contributed by atoms with Crippen LogP contribution in [0.4, 0.5) is 11.4 Å². The molecular formula is C18H18N4O2S. The van der Waals surface area contributed by atoms with Crippen LogP contribution in [0.25, 0.3) is 11.0 Å². The first-order valence-corrected chi connectivity index (χ1v) is 9.18. The maximum absolute atomic E-state index is 11.4. The molecule has 2 heterocycles. The van der Waals surface area contributed by atoms with Crippen molar-refractivity contribution in [2.24, 2.45) is 0 Å². The number of piperidine rings is 1. The molecule has 0 aliphatic carbocycles. The number of H-pyrrole nitrogens is 1. The third-order valence-electron chi connectivity index (χ3n) is 4.44. The fraction of sp³-hybridized carbons (Fsp3) is 0.278. The fourth-order valence-corrected chi connectivity index (χ4v) is 4.11. The molecule has 0 amide bonds. The molecule has 1 N–H and O–H groups in total. The van der Waals surface area contributed by atoms with Crippen LogP contribution >= 0.6 is 11.8 Å². The Kier molecular flexibility index (Phi) is 4.31. The number of aromatic nitrogens is 2. The number of para-hydroxylation sites is 2. The lowest BCUT2D eigenvalue weighted by atomic mass is 10.1. The normalized spacial score (nSPS) is 14.8. The Labute approximate surface area is 149 Å². The molecule has 0 unspecified atom stereocenters. The van der Waals surface area contributed by atoms with Crippen LogP contribution in [0.3, 0.4) is 0 Å². The van der Waals surface area contributed by atoms with E-state index in [1.165, 1.54) is 31.0 Å². The summed E-state index contributed by atoms with van der Waals surface area (Å²) in [4.78, 5) is 21.8. The quantitative estimate of drug-likeness (QED) is 0.547. The van der Waals surface area contributed by atoms with Crippen LogP contribution in [0, 0.1) is 10.1 Å². The van der Waals surface area contributed by atoms with Crippen molar-refractivity contribution in [3.05, 3.63) is 52.6 Å². The topological polar surface area (TPSA) is 75.1 Å². The Morgan fingerprint density at radius 3 is 2.68 bits per heavy atom. The van der Waals surface area contributed by atoms with Crippen LogP contribution in [-0.4, -0.2) is 28.0 Å². The summed E-state index contributed by atoms with van der Waals surface area (Å²) in [7, 11) is 0. The highest BCUT2D eigenvalue weighted by Crippen LogP contribution is 2.37. The number of fused-ring (bicyclic) bond motifs is 1. The molecule has 0 radical (unpaired) electrons. The van der Waals surface area contributed by atoms with Gasteiger partial charge in [-0.3, -0.25) is 10.1 Å². The van der Waals surface area contributed by atoms with Crippen LogP contribution < -0.4 is 4.90 Å². The van der Waals surface area contributed by atoms with Gasteiger partial charge in [0.2, 0.25) is 0 Å². The molecule has 1 saturated heterocycles. The number of hydrogen-bond acceptors (Lipinski definition) is 5. The molecule has 0 spiro atoms. The van der Waals surface area contributed by atoms with Gasteiger partial charge in [0.05, 0.1) is 20.9 Å². The molecule has 2 aromatic carbocycles. The van der Waals surface area contributed by atoms with Crippen molar-refractivity contribution < 1.29 is 4.92 Å². The number of imidazole rings is 1. The second-order valence-electron chi connectivity index (χ2n) is 6.12. The van der Waals surface area contributed by atoms with E-state index in [2.05, 4.69) is 14.9 Å². The van der Waals surface area contributed by atoms with Gasteiger partial charge in [0, 0.05) is 24.8 Å². The lowest BCUT2D eigenvalue weighted by Crippen LogP contribution is -2.29. The first-order valence-electron chi connectivity index (χ1n) is 8.37. The number of hydrogen-bond donors (Lipinski definition) is 1. The summed E-state index contributed by atoms with van der Waals surface area (Å²) in [6.07, 6.45) is 3.59. The molecular weight excluding hydrogens is 336 g/mol. The zero-order chi connectivity index (χ0) is 17.2. The minimum Gasteiger partial charge on any atom is -0.371 e. The van der Waals surface area contributed by atoms with Crippen molar-refractivity contribution in [2.45, 2.75) is 29.3 Å². The lowest BCUT2D eigenvalue weighted by Gasteiger charge is -2.29. The molecule has 0 saturated carbocycles. The standard InChI is InChI=1S/C18H18N4O2S/c23-22(24)16-9-8-13(21-10-4-1-5-11-21)12-17(16)25-18-19-14-6-2-3-7-15(14)20-18/h2-3,6-9,12H,1,4-5,10-11H2,(H,19,20). The Hall–Kier alpha value is -2.54. The van der Waals surface area contributed by atoms with Gasteiger partial charge in [0.15, 0.2) is 5.16 Å². The Bertz CT molecular complexity index is 885. The summed E-state index contributed by atoms with van der Waals surface area (Å²) in [5, 5.41) is 12.1. The zero-order valence-corrected chi connectivity index (χ0v) is 14.5. The maximum atomic E-state index is 11.4. The highest BCUT2D eigenvalue weighted by Gasteiger charge is 2.20. The van der Waals surface area contributed by atoms with E-state index in [0.29, 0.717) is 10.1 Å². The zero-order valence-electron chi connectivity index (χ0n) is 13.6. The van der Waals surface area contributed by atoms with Gasteiger partial charge in [-0.25, -0.2) is 4.98 Å². The molecule has 128 valence electrons. The summed E-state index contributed by atoms with van der Waals surface area (Å²) in [6, 6.07) is 13.1. The predicted molar refractivity (Wildman–Crippen MR) is 99.4 cm³/mol. The average molecular weight is 354 g/mol. The Balaban J connectivity index is 1.68. The van der Waals surface area contributed by atoms with Crippen molar-refractivity contribution in [1.29, 1.82) is 0 Å². The van der Waals surface area contributed by atoms with Gasteiger partial charge < -0.3 is 9.88 Å². The summed E-state index contributed by atoms with van der Waals surface area (Å²) in [6.45, 7) is 2.01. The van der Waals surface area contributed by atoms with Gasteiger partial charge in [-0.2, -0.15) is 0 Å². The Morgan fingerprint density at radius 2 is 1.92 bits per heavy atom. The number of rotatable bonds is 4. The largest absolute Gasteiger partial charge is 0.371 e. The smallest absolute Gasteiger partial charge is 0.283 e. The minimum absolute atomic E-state index is 0.117. The van der Waals surface area contributed by atoms with Crippen LogP contribution in [0.5, 0.6) is 0 Å². The van der Waals surface area contributed by atoms with Crippen molar-refractivity contribution in [2.75, 3.05) is 18.0 Å².